The average molecular weight is 302 g/mol. The second-order valence-corrected chi connectivity index (χ2v) is 5.01. The van der Waals surface area contributed by atoms with E-state index < -0.39 is 5.97 Å². The highest BCUT2D eigenvalue weighted by Gasteiger charge is 2.19. The zero-order valence-corrected chi connectivity index (χ0v) is 11.7. The third-order valence-corrected chi connectivity index (χ3v) is 3.46. The summed E-state index contributed by atoms with van der Waals surface area (Å²) in [5, 5.41) is 13.9. The van der Waals surface area contributed by atoms with Crippen LogP contribution in [0.15, 0.2) is 52.9 Å². The summed E-state index contributed by atoms with van der Waals surface area (Å²) < 4.78 is 5.41. The zero-order valence-electron chi connectivity index (χ0n) is 11.0. The van der Waals surface area contributed by atoms with Gasteiger partial charge in [0.2, 0.25) is 5.76 Å². The molecule has 0 radical (unpaired) electrons. The monoisotopic (exact) mass is 301 g/mol. The molecular formula is C16H12ClNO3. The summed E-state index contributed by atoms with van der Waals surface area (Å²) in [6, 6.07) is 14.5. The lowest BCUT2D eigenvalue weighted by molar-refractivity contribution is 0.0663. The topological polar surface area (TPSA) is 62.5 Å². The Morgan fingerprint density at radius 1 is 1.14 bits per heavy atom. The van der Waals surface area contributed by atoms with Crippen LogP contribution in [-0.4, -0.2) is 11.1 Å². The molecule has 0 bridgehead atoms. The van der Waals surface area contributed by atoms with Crippen LogP contribution in [0.25, 0.3) is 11.0 Å². The van der Waals surface area contributed by atoms with E-state index in [0.717, 1.165) is 11.1 Å². The van der Waals surface area contributed by atoms with E-state index in [1.54, 1.807) is 18.2 Å². The minimum atomic E-state index is -1.07. The SMILES string of the molecule is O=C(O)c1oc2ccccc2c1CNc1ccc(Cl)cc1. The molecule has 2 aromatic carbocycles. The van der Waals surface area contributed by atoms with E-state index in [-0.39, 0.29) is 5.76 Å². The van der Waals surface area contributed by atoms with Gasteiger partial charge in [-0.15, -0.1) is 0 Å². The molecule has 0 fully saturated rings. The molecule has 1 aromatic heterocycles. The Morgan fingerprint density at radius 2 is 1.86 bits per heavy atom. The number of carbonyl (C=O) groups is 1. The Kier molecular flexibility index (Phi) is 3.54. The molecule has 0 amide bonds. The first-order chi connectivity index (χ1) is 10.1. The summed E-state index contributed by atoms with van der Waals surface area (Å²) in [5.41, 5.74) is 2.07. The third kappa shape index (κ3) is 2.71. The number of benzene rings is 2. The first-order valence-corrected chi connectivity index (χ1v) is 6.76. The van der Waals surface area contributed by atoms with Crippen LogP contribution in [0.4, 0.5) is 5.69 Å². The van der Waals surface area contributed by atoms with Crippen LogP contribution >= 0.6 is 11.6 Å². The van der Waals surface area contributed by atoms with E-state index in [2.05, 4.69) is 5.32 Å². The number of fused-ring (bicyclic) bond motifs is 1. The molecule has 2 N–H and O–H groups in total. The molecule has 0 spiro atoms. The van der Waals surface area contributed by atoms with Gasteiger partial charge in [0.1, 0.15) is 5.58 Å². The molecule has 0 saturated carbocycles. The Labute approximate surface area is 126 Å². The fraction of sp³-hybridized carbons (Fsp3) is 0.0625. The Bertz CT molecular complexity index is 793. The molecule has 4 nitrogen and oxygen atoms in total. The Balaban J connectivity index is 1.93. The molecule has 0 atom stereocenters. The number of halogens is 1. The van der Waals surface area contributed by atoms with Gasteiger partial charge in [0.25, 0.3) is 0 Å². The number of nitrogens with one attached hydrogen (secondary N) is 1. The normalized spacial score (nSPS) is 10.7. The molecule has 5 heteroatoms. The largest absolute Gasteiger partial charge is 0.475 e. The van der Waals surface area contributed by atoms with Crippen molar-refractivity contribution in [2.24, 2.45) is 0 Å². The van der Waals surface area contributed by atoms with Crippen molar-refractivity contribution in [3.05, 3.63) is 64.9 Å². The van der Waals surface area contributed by atoms with Crippen LogP contribution in [0.1, 0.15) is 16.1 Å². The van der Waals surface area contributed by atoms with Crippen molar-refractivity contribution >= 4 is 34.2 Å². The number of furan rings is 1. The highest BCUT2D eigenvalue weighted by molar-refractivity contribution is 6.30. The van der Waals surface area contributed by atoms with Gasteiger partial charge in [-0.05, 0) is 30.3 Å². The van der Waals surface area contributed by atoms with Gasteiger partial charge in [-0.25, -0.2) is 4.79 Å². The predicted octanol–water partition coefficient (Wildman–Crippen LogP) is 4.40. The molecule has 0 saturated heterocycles. The van der Waals surface area contributed by atoms with Crippen molar-refractivity contribution in [3.8, 4) is 0 Å². The van der Waals surface area contributed by atoms with Crippen molar-refractivity contribution in [1.29, 1.82) is 0 Å². The summed E-state index contributed by atoms with van der Waals surface area (Å²) in [5.74, 6) is -1.10. The van der Waals surface area contributed by atoms with Gasteiger partial charge in [-0.1, -0.05) is 29.8 Å². The molecule has 1 heterocycles. The van der Waals surface area contributed by atoms with Gasteiger partial charge in [0, 0.05) is 28.2 Å². The lowest BCUT2D eigenvalue weighted by atomic mass is 10.1. The van der Waals surface area contributed by atoms with Gasteiger partial charge in [0.05, 0.1) is 0 Å². The van der Waals surface area contributed by atoms with Crippen LogP contribution < -0.4 is 5.32 Å². The van der Waals surface area contributed by atoms with Crippen molar-refractivity contribution in [1.82, 2.24) is 0 Å². The van der Waals surface area contributed by atoms with Crippen LogP contribution in [0.5, 0.6) is 0 Å². The molecule has 0 aliphatic rings. The van der Waals surface area contributed by atoms with Crippen LogP contribution in [0.3, 0.4) is 0 Å². The van der Waals surface area contributed by atoms with E-state index in [9.17, 15) is 9.90 Å². The molecular weight excluding hydrogens is 290 g/mol. The molecule has 3 rings (SSSR count). The third-order valence-electron chi connectivity index (χ3n) is 3.21. The molecule has 0 aliphatic carbocycles. The number of carboxylic acid groups (broad SMARTS) is 1. The second kappa shape index (κ2) is 5.50. The lowest BCUT2D eigenvalue weighted by Crippen LogP contribution is -2.04. The average Bonchev–Trinajstić information content (AvgIpc) is 2.86. The van der Waals surface area contributed by atoms with Gasteiger partial charge in [0.15, 0.2) is 0 Å². The van der Waals surface area contributed by atoms with E-state index in [4.69, 9.17) is 16.0 Å². The van der Waals surface area contributed by atoms with Crippen LogP contribution in [0, 0.1) is 0 Å². The fourth-order valence-electron chi connectivity index (χ4n) is 2.21. The number of hydrogen-bond donors (Lipinski definition) is 2. The standard InChI is InChI=1S/C16H12ClNO3/c17-10-5-7-11(8-6-10)18-9-13-12-3-1-2-4-14(12)21-15(13)16(19)20/h1-8,18H,9H2,(H,19,20). The molecule has 0 unspecified atom stereocenters. The summed E-state index contributed by atoms with van der Waals surface area (Å²) in [4.78, 5) is 11.3. The predicted molar refractivity (Wildman–Crippen MR) is 82.0 cm³/mol. The zero-order chi connectivity index (χ0) is 14.8. The minimum Gasteiger partial charge on any atom is -0.475 e. The summed E-state index contributed by atoms with van der Waals surface area (Å²) in [6.07, 6.45) is 0. The first kappa shape index (κ1) is 13.5. The molecule has 0 aliphatic heterocycles. The van der Waals surface area contributed by atoms with Gasteiger partial charge < -0.3 is 14.8 Å². The molecule has 21 heavy (non-hydrogen) atoms. The quantitative estimate of drug-likeness (QED) is 0.750. The summed E-state index contributed by atoms with van der Waals surface area (Å²) in [7, 11) is 0. The highest BCUT2D eigenvalue weighted by Crippen LogP contribution is 2.27. The number of carboxylic acids is 1. The number of aromatic carboxylic acids is 1. The van der Waals surface area contributed by atoms with E-state index >= 15 is 0 Å². The number of rotatable bonds is 4. The van der Waals surface area contributed by atoms with E-state index in [1.807, 2.05) is 30.3 Å². The Hall–Kier alpha value is -2.46. The fourth-order valence-corrected chi connectivity index (χ4v) is 2.33. The number of hydrogen-bond acceptors (Lipinski definition) is 3. The van der Waals surface area contributed by atoms with E-state index in [1.165, 1.54) is 0 Å². The van der Waals surface area contributed by atoms with Gasteiger partial charge >= 0.3 is 5.97 Å². The van der Waals surface area contributed by atoms with Gasteiger partial charge in [-0.3, -0.25) is 0 Å². The number of anilines is 1. The summed E-state index contributed by atoms with van der Waals surface area (Å²) in [6.45, 7) is 0.361. The lowest BCUT2D eigenvalue weighted by Gasteiger charge is -2.06. The van der Waals surface area contributed by atoms with Crippen molar-refractivity contribution in [2.75, 3.05) is 5.32 Å². The summed E-state index contributed by atoms with van der Waals surface area (Å²) >= 11 is 5.84. The smallest absolute Gasteiger partial charge is 0.372 e. The second-order valence-electron chi connectivity index (χ2n) is 4.57. The number of para-hydroxylation sites is 1. The molecule has 106 valence electrons. The van der Waals surface area contributed by atoms with E-state index in [0.29, 0.717) is 22.7 Å². The van der Waals surface area contributed by atoms with Gasteiger partial charge in [-0.2, -0.15) is 0 Å². The maximum Gasteiger partial charge on any atom is 0.372 e. The highest BCUT2D eigenvalue weighted by atomic mass is 35.5. The molecule has 3 aromatic rings. The minimum absolute atomic E-state index is 0.0299. The van der Waals surface area contributed by atoms with Crippen molar-refractivity contribution < 1.29 is 14.3 Å². The first-order valence-electron chi connectivity index (χ1n) is 6.38. The van der Waals surface area contributed by atoms with Crippen LogP contribution in [0.2, 0.25) is 5.02 Å². The van der Waals surface area contributed by atoms with Crippen LogP contribution in [-0.2, 0) is 6.54 Å². The maximum atomic E-state index is 11.3. The van der Waals surface area contributed by atoms with Crippen molar-refractivity contribution in [3.63, 3.8) is 0 Å². The van der Waals surface area contributed by atoms with Crippen molar-refractivity contribution in [2.45, 2.75) is 6.54 Å². The maximum absolute atomic E-state index is 11.3. The Morgan fingerprint density at radius 3 is 2.57 bits per heavy atom.